The molecule has 2 atom stereocenters. The van der Waals surface area contributed by atoms with Gasteiger partial charge in [-0.1, -0.05) is 48.5 Å². The van der Waals surface area contributed by atoms with Crippen LogP contribution in [0, 0.1) is 0 Å². The van der Waals surface area contributed by atoms with E-state index in [0.717, 1.165) is 27.1 Å². The van der Waals surface area contributed by atoms with E-state index in [0.29, 0.717) is 0 Å². The molecule has 0 unspecified atom stereocenters. The SMILES string of the molecule is CCOC(=O)[C@H](N[S@](=O)C(C)(C)C)c1cc2ccccc2c2ccccc12. The maximum Gasteiger partial charge on any atom is 0.328 e. The molecule has 0 heterocycles. The lowest BCUT2D eigenvalue weighted by Gasteiger charge is -2.24. The second-order valence-electron chi connectivity index (χ2n) is 7.42. The number of ether oxygens (including phenoxy) is 1. The second kappa shape index (κ2) is 7.79. The highest BCUT2D eigenvalue weighted by molar-refractivity contribution is 7.84. The lowest BCUT2D eigenvalue weighted by Crippen LogP contribution is -2.39. The monoisotopic (exact) mass is 383 g/mol. The molecule has 0 aliphatic rings. The fraction of sp³-hybridized carbons (Fsp3) is 0.318. The van der Waals surface area contributed by atoms with E-state index < -0.39 is 27.7 Å². The Morgan fingerprint density at radius 3 is 2.26 bits per heavy atom. The molecule has 0 aliphatic carbocycles. The molecule has 0 spiro atoms. The first-order chi connectivity index (χ1) is 12.8. The van der Waals surface area contributed by atoms with Crippen LogP contribution in [0.2, 0.25) is 0 Å². The van der Waals surface area contributed by atoms with Crippen molar-refractivity contribution in [2.75, 3.05) is 6.61 Å². The zero-order valence-corrected chi connectivity index (χ0v) is 16.9. The number of fused-ring (bicyclic) bond motifs is 3. The summed E-state index contributed by atoms with van der Waals surface area (Å²) in [4.78, 5) is 12.8. The standard InChI is InChI=1S/C22H25NO3S/c1-5-26-21(24)20(23-27(25)22(2,3)4)19-14-15-10-6-7-11-16(15)17-12-8-9-13-18(17)19/h6-14,20,23H,5H2,1-4H3/t20-,27-/m1/s1. The highest BCUT2D eigenvalue weighted by atomic mass is 32.2. The third-order valence-electron chi connectivity index (χ3n) is 4.41. The Balaban J connectivity index is 2.22. The van der Waals surface area contributed by atoms with Crippen LogP contribution in [0.1, 0.15) is 39.3 Å². The summed E-state index contributed by atoms with van der Waals surface area (Å²) in [5, 5.41) is 4.16. The van der Waals surface area contributed by atoms with Crippen molar-refractivity contribution in [3.8, 4) is 0 Å². The second-order valence-corrected chi connectivity index (χ2v) is 9.41. The van der Waals surface area contributed by atoms with Gasteiger partial charge in [-0.2, -0.15) is 0 Å². The largest absolute Gasteiger partial charge is 0.465 e. The number of rotatable bonds is 5. The van der Waals surface area contributed by atoms with Gasteiger partial charge in [-0.15, -0.1) is 0 Å². The molecule has 3 aromatic carbocycles. The number of carbonyl (C=O) groups is 1. The summed E-state index contributed by atoms with van der Waals surface area (Å²) < 4.78 is 20.6. The number of nitrogens with one attached hydrogen (secondary N) is 1. The number of benzene rings is 3. The summed E-state index contributed by atoms with van der Waals surface area (Å²) in [7, 11) is -1.42. The number of hydrogen-bond donors (Lipinski definition) is 1. The Labute approximate surface area is 162 Å². The maximum atomic E-state index is 12.8. The van der Waals surface area contributed by atoms with E-state index in [-0.39, 0.29) is 6.61 Å². The Morgan fingerprint density at radius 2 is 1.63 bits per heavy atom. The molecule has 0 aliphatic heterocycles. The van der Waals surface area contributed by atoms with Crippen LogP contribution in [0.5, 0.6) is 0 Å². The Kier molecular flexibility index (Phi) is 5.63. The minimum atomic E-state index is -1.42. The lowest BCUT2D eigenvalue weighted by molar-refractivity contribution is -0.145. The van der Waals surface area contributed by atoms with E-state index in [1.54, 1.807) is 6.92 Å². The van der Waals surface area contributed by atoms with Crippen molar-refractivity contribution in [3.05, 3.63) is 60.2 Å². The first-order valence-corrected chi connectivity index (χ1v) is 10.2. The topological polar surface area (TPSA) is 55.4 Å². The number of hydrogen-bond acceptors (Lipinski definition) is 3. The highest BCUT2D eigenvalue weighted by Crippen LogP contribution is 2.33. The molecule has 0 radical (unpaired) electrons. The average Bonchev–Trinajstić information content (AvgIpc) is 2.64. The van der Waals surface area contributed by atoms with Crippen LogP contribution in [0.15, 0.2) is 54.6 Å². The van der Waals surface area contributed by atoms with Gasteiger partial charge in [0, 0.05) is 0 Å². The molecule has 0 amide bonds. The van der Waals surface area contributed by atoms with E-state index >= 15 is 0 Å². The van der Waals surface area contributed by atoms with E-state index in [4.69, 9.17) is 4.74 Å². The van der Waals surface area contributed by atoms with Crippen LogP contribution in [-0.2, 0) is 20.5 Å². The minimum absolute atomic E-state index is 0.269. The van der Waals surface area contributed by atoms with Crippen molar-refractivity contribution in [2.24, 2.45) is 0 Å². The first-order valence-electron chi connectivity index (χ1n) is 9.08. The van der Waals surface area contributed by atoms with Gasteiger partial charge in [0.15, 0.2) is 0 Å². The highest BCUT2D eigenvalue weighted by Gasteiger charge is 2.30. The lowest BCUT2D eigenvalue weighted by atomic mass is 9.94. The molecular weight excluding hydrogens is 358 g/mol. The average molecular weight is 384 g/mol. The van der Waals surface area contributed by atoms with Gasteiger partial charge in [0.1, 0.15) is 6.04 Å². The van der Waals surface area contributed by atoms with Gasteiger partial charge in [-0.3, -0.25) is 0 Å². The normalized spacial score (nSPS) is 14.2. The first kappa shape index (κ1) is 19.5. The van der Waals surface area contributed by atoms with Crippen LogP contribution < -0.4 is 4.72 Å². The molecule has 0 fully saturated rings. The van der Waals surface area contributed by atoms with Gasteiger partial charge in [0.2, 0.25) is 0 Å². The van der Waals surface area contributed by atoms with Crippen molar-refractivity contribution in [3.63, 3.8) is 0 Å². The maximum absolute atomic E-state index is 12.8. The molecule has 0 saturated heterocycles. The molecular formula is C22H25NO3S. The van der Waals surface area contributed by atoms with Crippen LogP contribution >= 0.6 is 0 Å². The third kappa shape index (κ3) is 4.04. The zero-order chi connectivity index (χ0) is 19.6. The molecule has 142 valence electrons. The molecule has 1 N–H and O–H groups in total. The minimum Gasteiger partial charge on any atom is -0.465 e. The molecule has 0 aromatic heterocycles. The van der Waals surface area contributed by atoms with Gasteiger partial charge in [0.25, 0.3) is 0 Å². The summed E-state index contributed by atoms with van der Waals surface area (Å²) >= 11 is 0. The number of carbonyl (C=O) groups excluding carboxylic acids is 1. The number of esters is 1. The summed E-state index contributed by atoms with van der Waals surface area (Å²) in [6.45, 7) is 7.66. The van der Waals surface area contributed by atoms with Crippen molar-refractivity contribution >= 4 is 38.5 Å². The smallest absolute Gasteiger partial charge is 0.328 e. The van der Waals surface area contributed by atoms with Crippen molar-refractivity contribution in [1.29, 1.82) is 0 Å². The van der Waals surface area contributed by atoms with E-state index in [1.165, 1.54) is 0 Å². The molecule has 3 rings (SSSR count). The van der Waals surface area contributed by atoms with Crippen LogP contribution in [0.4, 0.5) is 0 Å². The van der Waals surface area contributed by atoms with Crippen molar-refractivity contribution in [2.45, 2.75) is 38.5 Å². The summed E-state index contributed by atoms with van der Waals surface area (Å²) in [6, 6.07) is 17.2. The molecule has 3 aromatic rings. The molecule has 0 saturated carbocycles. The van der Waals surface area contributed by atoms with Gasteiger partial charge >= 0.3 is 5.97 Å². The van der Waals surface area contributed by atoms with E-state index in [1.807, 2.05) is 69.3 Å². The summed E-state index contributed by atoms with van der Waals surface area (Å²) in [6.07, 6.45) is 0. The predicted molar refractivity (Wildman–Crippen MR) is 112 cm³/mol. The summed E-state index contributed by atoms with van der Waals surface area (Å²) in [5.41, 5.74) is 0.778. The fourth-order valence-electron chi connectivity index (χ4n) is 3.07. The fourth-order valence-corrected chi connectivity index (χ4v) is 3.86. The van der Waals surface area contributed by atoms with Crippen LogP contribution in [0.25, 0.3) is 21.5 Å². The molecule has 0 bridgehead atoms. The quantitative estimate of drug-likeness (QED) is 0.515. The molecule has 27 heavy (non-hydrogen) atoms. The third-order valence-corrected chi connectivity index (χ3v) is 5.98. The van der Waals surface area contributed by atoms with E-state index in [9.17, 15) is 9.00 Å². The predicted octanol–water partition coefficient (Wildman–Crippen LogP) is 4.65. The van der Waals surface area contributed by atoms with E-state index in [2.05, 4.69) is 10.8 Å². The molecule has 4 nitrogen and oxygen atoms in total. The van der Waals surface area contributed by atoms with Gasteiger partial charge in [-0.25, -0.2) is 13.7 Å². The van der Waals surface area contributed by atoms with Gasteiger partial charge in [-0.05, 0) is 60.9 Å². The van der Waals surface area contributed by atoms with Crippen molar-refractivity contribution < 1.29 is 13.7 Å². The van der Waals surface area contributed by atoms with Gasteiger partial charge in [0.05, 0.1) is 22.3 Å². The molecule has 5 heteroatoms. The Bertz CT molecular complexity index is 1010. The summed E-state index contributed by atoms with van der Waals surface area (Å²) in [5.74, 6) is -0.421. The van der Waals surface area contributed by atoms with Crippen molar-refractivity contribution in [1.82, 2.24) is 4.72 Å². The van der Waals surface area contributed by atoms with Crippen LogP contribution in [0.3, 0.4) is 0 Å². The van der Waals surface area contributed by atoms with Crippen LogP contribution in [-0.4, -0.2) is 21.5 Å². The Hall–Kier alpha value is -2.24. The zero-order valence-electron chi connectivity index (χ0n) is 16.1. The Morgan fingerprint density at radius 1 is 1.04 bits per heavy atom. The van der Waals surface area contributed by atoms with Gasteiger partial charge < -0.3 is 4.74 Å².